The summed E-state index contributed by atoms with van der Waals surface area (Å²) in [6.45, 7) is 0.446. The molecular formula is C16H14ClN3O2S. The molecule has 23 heavy (non-hydrogen) atoms. The summed E-state index contributed by atoms with van der Waals surface area (Å²) in [4.78, 5) is 16.4. The maximum absolute atomic E-state index is 12.0. The predicted molar refractivity (Wildman–Crippen MR) is 93.5 cm³/mol. The molecule has 0 aliphatic heterocycles. The van der Waals surface area contributed by atoms with Crippen LogP contribution >= 0.6 is 22.9 Å². The maximum Gasteiger partial charge on any atom is 0.321 e. The summed E-state index contributed by atoms with van der Waals surface area (Å²) in [5.41, 5.74) is 1.67. The Morgan fingerprint density at radius 2 is 2.04 bits per heavy atom. The number of anilines is 1. The number of hydrogen-bond donors (Lipinski definition) is 2. The Morgan fingerprint density at radius 3 is 2.78 bits per heavy atom. The average Bonchev–Trinajstić information content (AvgIpc) is 2.99. The number of urea groups is 1. The Kier molecular flexibility index (Phi) is 4.64. The Morgan fingerprint density at radius 1 is 1.26 bits per heavy atom. The van der Waals surface area contributed by atoms with Gasteiger partial charge in [-0.15, -0.1) is 0 Å². The number of nitrogens with zero attached hydrogens (tertiary/aromatic N) is 1. The molecule has 118 valence electrons. The number of rotatable bonds is 4. The first-order valence-electron chi connectivity index (χ1n) is 6.89. The van der Waals surface area contributed by atoms with E-state index in [-0.39, 0.29) is 6.03 Å². The lowest BCUT2D eigenvalue weighted by atomic mass is 10.2. The summed E-state index contributed by atoms with van der Waals surface area (Å²) in [7, 11) is 1.57. The lowest BCUT2D eigenvalue weighted by molar-refractivity contribution is 0.251. The van der Waals surface area contributed by atoms with Gasteiger partial charge in [0.15, 0.2) is 5.13 Å². The van der Waals surface area contributed by atoms with E-state index in [0.717, 1.165) is 10.3 Å². The molecule has 0 atom stereocenters. The molecule has 0 saturated carbocycles. The number of nitrogens with one attached hydrogen (secondary N) is 2. The molecule has 0 saturated heterocycles. The van der Waals surface area contributed by atoms with E-state index < -0.39 is 0 Å². The van der Waals surface area contributed by atoms with E-state index in [1.807, 2.05) is 30.3 Å². The smallest absolute Gasteiger partial charge is 0.321 e. The molecule has 1 heterocycles. The van der Waals surface area contributed by atoms with E-state index in [1.165, 1.54) is 11.3 Å². The highest BCUT2D eigenvalue weighted by molar-refractivity contribution is 7.23. The number of halogens is 1. The van der Waals surface area contributed by atoms with Gasteiger partial charge in [0.05, 0.1) is 16.8 Å². The standard InChI is InChI=1S/C16H14ClN3O2S/c1-22-12-8-7-11(17)14-13(12)19-16(23-14)20-15(21)18-9-10-5-3-2-4-6-10/h2-8H,9H2,1H3,(H2,18,19,20,21). The van der Waals surface area contributed by atoms with Crippen LogP contribution in [0.2, 0.25) is 5.02 Å². The van der Waals surface area contributed by atoms with E-state index in [4.69, 9.17) is 16.3 Å². The number of benzene rings is 2. The third-order valence-electron chi connectivity index (χ3n) is 3.19. The molecule has 2 aromatic carbocycles. The largest absolute Gasteiger partial charge is 0.494 e. The van der Waals surface area contributed by atoms with Crippen LogP contribution in [0.1, 0.15) is 5.56 Å². The third-order valence-corrected chi connectivity index (χ3v) is 4.63. The summed E-state index contributed by atoms with van der Waals surface area (Å²) in [6, 6.07) is 12.9. The molecule has 3 rings (SSSR count). The number of fused-ring (bicyclic) bond motifs is 1. The van der Waals surface area contributed by atoms with Gasteiger partial charge in [-0.25, -0.2) is 9.78 Å². The van der Waals surface area contributed by atoms with Gasteiger partial charge in [-0.1, -0.05) is 53.3 Å². The SMILES string of the molecule is COc1ccc(Cl)c2sc(NC(=O)NCc3ccccc3)nc12. The number of carbonyl (C=O) groups is 1. The van der Waals surface area contributed by atoms with Crippen LogP contribution < -0.4 is 15.4 Å². The monoisotopic (exact) mass is 347 g/mol. The first-order valence-corrected chi connectivity index (χ1v) is 8.08. The summed E-state index contributed by atoms with van der Waals surface area (Å²) in [5.74, 6) is 0.624. The molecule has 7 heteroatoms. The summed E-state index contributed by atoms with van der Waals surface area (Å²) < 4.78 is 6.05. The van der Waals surface area contributed by atoms with Crippen LogP contribution in [0.15, 0.2) is 42.5 Å². The molecule has 3 aromatic rings. The minimum absolute atomic E-state index is 0.317. The van der Waals surface area contributed by atoms with E-state index in [0.29, 0.717) is 28.0 Å². The van der Waals surface area contributed by atoms with Crippen LogP contribution in [0.4, 0.5) is 9.93 Å². The normalized spacial score (nSPS) is 10.5. The van der Waals surface area contributed by atoms with Crippen LogP contribution in [0, 0.1) is 0 Å². The van der Waals surface area contributed by atoms with Crippen molar-refractivity contribution in [3.8, 4) is 5.75 Å². The molecule has 0 spiro atoms. The van der Waals surface area contributed by atoms with Gasteiger partial charge in [0, 0.05) is 6.54 Å². The zero-order valence-corrected chi connectivity index (χ0v) is 13.9. The van der Waals surface area contributed by atoms with E-state index in [9.17, 15) is 4.79 Å². The molecule has 2 N–H and O–H groups in total. The van der Waals surface area contributed by atoms with Crippen molar-refractivity contribution < 1.29 is 9.53 Å². The van der Waals surface area contributed by atoms with E-state index in [1.54, 1.807) is 19.2 Å². The Balaban J connectivity index is 1.71. The lowest BCUT2D eigenvalue weighted by Gasteiger charge is -2.05. The fourth-order valence-corrected chi connectivity index (χ4v) is 3.24. The molecule has 1 aromatic heterocycles. The van der Waals surface area contributed by atoms with Crippen molar-refractivity contribution in [2.24, 2.45) is 0 Å². The predicted octanol–water partition coefficient (Wildman–Crippen LogP) is 4.28. The first kappa shape index (κ1) is 15.6. The fourth-order valence-electron chi connectivity index (χ4n) is 2.09. The van der Waals surface area contributed by atoms with E-state index >= 15 is 0 Å². The molecular weight excluding hydrogens is 334 g/mol. The highest BCUT2D eigenvalue weighted by Crippen LogP contribution is 2.37. The molecule has 0 bridgehead atoms. The number of ether oxygens (including phenoxy) is 1. The highest BCUT2D eigenvalue weighted by atomic mass is 35.5. The zero-order chi connectivity index (χ0) is 16.2. The summed E-state index contributed by atoms with van der Waals surface area (Å²) >= 11 is 7.47. The Hall–Kier alpha value is -2.31. The van der Waals surface area contributed by atoms with Crippen molar-refractivity contribution in [3.63, 3.8) is 0 Å². The third kappa shape index (κ3) is 3.55. The molecule has 0 radical (unpaired) electrons. The van der Waals surface area contributed by atoms with Crippen molar-refractivity contribution in [2.75, 3.05) is 12.4 Å². The average molecular weight is 348 g/mol. The lowest BCUT2D eigenvalue weighted by Crippen LogP contribution is -2.28. The van der Waals surface area contributed by atoms with Crippen molar-refractivity contribution in [1.29, 1.82) is 0 Å². The van der Waals surface area contributed by atoms with Gasteiger partial charge in [-0.3, -0.25) is 5.32 Å². The van der Waals surface area contributed by atoms with Crippen molar-refractivity contribution in [1.82, 2.24) is 10.3 Å². The minimum atomic E-state index is -0.317. The van der Waals surface area contributed by atoms with Gasteiger partial charge in [0.25, 0.3) is 0 Å². The van der Waals surface area contributed by atoms with Crippen LogP contribution in [0.25, 0.3) is 10.2 Å². The molecule has 5 nitrogen and oxygen atoms in total. The number of hydrogen-bond acceptors (Lipinski definition) is 4. The number of aromatic nitrogens is 1. The fraction of sp³-hybridized carbons (Fsp3) is 0.125. The van der Waals surface area contributed by atoms with Crippen molar-refractivity contribution >= 4 is 44.3 Å². The Bertz CT molecular complexity index is 836. The zero-order valence-electron chi connectivity index (χ0n) is 12.3. The number of carbonyl (C=O) groups excluding carboxylic acids is 1. The first-order chi connectivity index (χ1) is 11.2. The van der Waals surface area contributed by atoms with Gasteiger partial charge in [0.1, 0.15) is 11.3 Å². The van der Waals surface area contributed by atoms with E-state index in [2.05, 4.69) is 15.6 Å². The molecule has 0 aliphatic rings. The van der Waals surface area contributed by atoms with Crippen molar-refractivity contribution in [2.45, 2.75) is 6.54 Å². The maximum atomic E-state index is 12.0. The molecule has 0 fully saturated rings. The second-order valence-electron chi connectivity index (χ2n) is 4.74. The second-order valence-corrected chi connectivity index (χ2v) is 6.15. The summed E-state index contributed by atoms with van der Waals surface area (Å²) in [6.07, 6.45) is 0. The number of methoxy groups -OCH3 is 1. The summed E-state index contributed by atoms with van der Waals surface area (Å²) in [5, 5.41) is 6.56. The second kappa shape index (κ2) is 6.85. The topological polar surface area (TPSA) is 63.2 Å². The highest BCUT2D eigenvalue weighted by Gasteiger charge is 2.13. The van der Waals surface area contributed by atoms with Gasteiger partial charge >= 0.3 is 6.03 Å². The quantitative estimate of drug-likeness (QED) is 0.740. The molecule has 0 unspecified atom stereocenters. The Labute approximate surface area is 142 Å². The molecule has 0 aliphatic carbocycles. The van der Waals surface area contributed by atoms with Crippen LogP contribution in [0.3, 0.4) is 0 Å². The van der Waals surface area contributed by atoms with Crippen LogP contribution in [-0.4, -0.2) is 18.1 Å². The van der Waals surface area contributed by atoms with Gasteiger partial charge < -0.3 is 10.1 Å². The van der Waals surface area contributed by atoms with Gasteiger partial charge in [0.2, 0.25) is 0 Å². The van der Waals surface area contributed by atoms with Crippen LogP contribution in [0.5, 0.6) is 5.75 Å². The number of thiazole rings is 1. The number of amides is 2. The van der Waals surface area contributed by atoms with Crippen LogP contribution in [-0.2, 0) is 6.54 Å². The van der Waals surface area contributed by atoms with Crippen molar-refractivity contribution in [3.05, 3.63) is 53.1 Å². The van der Waals surface area contributed by atoms with Gasteiger partial charge in [-0.05, 0) is 17.7 Å². The molecule has 2 amide bonds. The minimum Gasteiger partial charge on any atom is -0.494 e. The van der Waals surface area contributed by atoms with Gasteiger partial charge in [-0.2, -0.15) is 0 Å².